The summed E-state index contributed by atoms with van der Waals surface area (Å²) in [7, 11) is 0. The molecule has 2 heterocycles. The Kier molecular flexibility index (Phi) is 6.43. The van der Waals surface area contributed by atoms with E-state index in [-0.39, 0.29) is 23.3 Å². The summed E-state index contributed by atoms with van der Waals surface area (Å²) in [5.41, 5.74) is -1.12. The molecule has 1 spiro atoms. The molecule has 2 aliphatic rings. The molecule has 2 atom stereocenters. The number of nitrogens with one attached hydrogen (secondary N) is 1. The minimum absolute atomic E-state index is 0.117. The fraction of sp³-hybridized carbons (Fsp3) is 0.591. The fourth-order valence-electron chi connectivity index (χ4n) is 4.24. The van der Waals surface area contributed by atoms with Gasteiger partial charge in [-0.05, 0) is 53.0 Å². The Labute approximate surface area is 187 Å². The van der Waals surface area contributed by atoms with Crippen molar-refractivity contribution in [3.8, 4) is 0 Å². The van der Waals surface area contributed by atoms with Crippen LogP contribution in [0.1, 0.15) is 57.3 Å². The molecule has 1 N–H and O–H groups in total. The van der Waals surface area contributed by atoms with Crippen LogP contribution in [0.5, 0.6) is 0 Å². The molecular weight excluding hydrogens is 416 g/mol. The summed E-state index contributed by atoms with van der Waals surface area (Å²) in [4.78, 5) is 51.9. The van der Waals surface area contributed by atoms with E-state index in [0.717, 1.165) is 19.3 Å². The van der Waals surface area contributed by atoms with Gasteiger partial charge >= 0.3 is 6.09 Å². The van der Waals surface area contributed by atoms with Crippen molar-refractivity contribution in [3.05, 3.63) is 39.9 Å². The summed E-state index contributed by atoms with van der Waals surface area (Å²) in [6.45, 7) is 8.58. The highest BCUT2D eigenvalue weighted by Crippen LogP contribution is 2.39. The van der Waals surface area contributed by atoms with E-state index >= 15 is 0 Å². The molecule has 3 rings (SSSR count). The number of non-ortho nitro benzene ring substituents is 1. The van der Waals surface area contributed by atoms with Crippen LogP contribution in [0.3, 0.4) is 0 Å². The van der Waals surface area contributed by atoms with Crippen molar-refractivity contribution < 1.29 is 24.0 Å². The van der Waals surface area contributed by atoms with E-state index in [9.17, 15) is 24.5 Å². The van der Waals surface area contributed by atoms with Gasteiger partial charge < -0.3 is 19.9 Å². The molecule has 0 radical (unpaired) electrons. The van der Waals surface area contributed by atoms with Crippen LogP contribution in [0.15, 0.2) is 24.3 Å². The number of hydrogen-bond acceptors (Lipinski definition) is 6. The number of rotatable bonds is 4. The number of benzene rings is 1. The van der Waals surface area contributed by atoms with Gasteiger partial charge in [0.15, 0.2) is 0 Å². The van der Waals surface area contributed by atoms with Crippen LogP contribution < -0.4 is 5.32 Å². The Hall–Kier alpha value is -3.17. The summed E-state index contributed by atoms with van der Waals surface area (Å²) >= 11 is 0. The van der Waals surface area contributed by atoms with Gasteiger partial charge in [0.1, 0.15) is 11.6 Å². The summed E-state index contributed by atoms with van der Waals surface area (Å²) in [6, 6.07) is 4.56. The second-order valence-electron chi connectivity index (χ2n) is 9.47. The van der Waals surface area contributed by atoms with Gasteiger partial charge in [-0.15, -0.1) is 0 Å². The monoisotopic (exact) mass is 446 g/mol. The number of likely N-dealkylation sites (tertiary alicyclic amines) is 2. The van der Waals surface area contributed by atoms with Crippen molar-refractivity contribution in [2.45, 2.75) is 64.1 Å². The van der Waals surface area contributed by atoms with Crippen molar-refractivity contribution >= 4 is 23.6 Å². The number of nitro benzene ring substituents is 1. The average molecular weight is 447 g/mol. The summed E-state index contributed by atoms with van der Waals surface area (Å²) in [5, 5.41) is 13.6. The number of nitrogens with zero attached hydrogens (tertiary/aromatic N) is 3. The molecule has 2 unspecified atom stereocenters. The zero-order chi connectivity index (χ0) is 23.7. The highest BCUT2D eigenvalue weighted by Gasteiger charge is 2.51. The van der Waals surface area contributed by atoms with E-state index in [0.29, 0.717) is 19.6 Å². The van der Waals surface area contributed by atoms with Crippen LogP contribution in [0, 0.1) is 10.1 Å². The molecule has 0 aliphatic carbocycles. The molecule has 32 heavy (non-hydrogen) atoms. The molecule has 174 valence electrons. The van der Waals surface area contributed by atoms with Crippen molar-refractivity contribution in [3.63, 3.8) is 0 Å². The number of piperidine rings is 1. The van der Waals surface area contributed by atoms with Gasteiger partial charge in [0.05, 0.1) is 10.5 Å². The molecule has 2 aliphatic heterocycles. The lowest BCUT2D eigenvalue weighted by molar-refractivity contribution is -0.384. The molecule has 10 nitrogen and oxygen atoms in total. The molecule has 0 bridgehead atoms. The van der Waals surface area contributed by atoms with E-state index in [1.165, 1.54) is 24.3 Å². The first kappa shape index (κ1) is 23.5. The van der Waals surface area contributed by atoms with Gasteiger partial charge in [-0.3, -0.25) is 19.7 Å². The molecule has 10 heteroatoms. The molecule has 0 aromatic heterocycles. The van der Waals surface area contributed by atoms with E-state index in [4.69, 9.17) is 4.74 Å². The third-order valence-corrected chi connectivity index (χ3v) is 5.88. The molecule has 0 saturated carbocycles. The van der Waals surface area contributed by atoms with Gasteiger partial charge in [0.25, 0.3) is 11.6 Å². The van der Waals surface area contributed by atoms with Gasteiger partial charge in [0.2, 0.25) is 5.91 Å². The Bertz CT molecular complexity index is 927. The van der Waals surface area contributed by atoms with Gasteiger partial charge in [0, 0.05) is 37.3 Å². The Balaban J connectivity index is 1.64. The fourth-order valence-corrected chi connectivity index (χ4v) is 4.24. The number of ether oxygens (including phenoxy) is 1. The number of carbonyl (C=O) groups is 3. The van der Waals surface area contributed by atoms with Crippen molar-refractivity contribution in [2.75, 3.05) is 19.6 Å². The third-order valence-electron chi connectivity index (χ3n) is 5.88. The minimum atomic E-state index is -0.809. The maximum absolute atomic E-state index is 13.1. The first-order valence-corrected chi connectivity index (χ1v) is 10.8. The Morgan fingerprint density at radius 2 is 1.94 bits per heavy atom. The topological polar surface area (TPSA) is 122 Å². The van der Waals surface area contributed by atoms with Crippen LogP contribution in [0.2, 0.25) is 0 Å². The van der Waals surface area contributed by atoms with E-state index < -0.39 is 28.0 Å². The number of carbonyl (C=O) groups excluding carboxylic acids is 3. The van der Waals surface area contributed by atoms with Gasteiger partial charge in [-0.25, -0.2) is 4.79 Å². The molecular formula is C22H30N4O6. The minimum Gasteiger partial charge on any atom is -0.444 e. The zero-order valence-corrected chi connectivity index (χ0v) is 18.9. The van der Waals surface area contributed by atoms with Crippen molar-refractivity contribution in [2.24, 2.45) is 0 Å². The van der Waals surface area contributed by atoms with Crippen LogP contribution in [-0.2, 0) is 9.53 Å². The lowest BCUT2D eigenvalue weighted by atomic mass is 9.77. The molecule has 1 aromatic carbocycles. The highest BCUT2D eigenvalue weighted by atomic mass is 16.6. The molecule has 1 aromatic rings. The molecule has 2 saturated heterocycles. The summed E-state index contributed by atoms with van der Waals surface area (Å²) in [5.74, 6) is -0.788. The van der Waals surface area contributed by atoms with Gasteiger partial charge in [-0.1, -0.05) is 6.07 Å². The third kappa shape index (κ3) is 5.00. The predicted molar refractivity (Wildman–Crippen MR) is 116 cm³/mol. The SMILES string of the molecule is CC(NC(=O)c1cccc([N+](=O)[O-])c1)C(=O)N1CCC12CCCN(C(=O)OC(C)(C)C)C2. The van der Waals surface area contributed by atoms with Crippen molar-refractivity contribution in [1.29, 1.82) is 0 Å². The van der Waals surface area contributed by atoms with E-state index in [1.54, 1.807) is 16.7 Å². The maximum Gasteiger partial charge on any atom is 0.410 e. The predicted octanol–water partition coefficient (Wildman–Crippen LogP) is 2.72. The van der Waals surface area contributed by atoms with Crippen LogP contribution in [0.4, 0.5) is 10.5 Å². The number of hydrogen-bond donors (Lipinski definition) is 1. The first-order valence-electron chi connectivity index (χ1n) is 10.8. The Morgan fingerprint density at radius 1 is 1.22 bits per heavy atom. The maximum atomic E-state index is 13.1. The second kappa shape index (κ2) is 8.76. The van der Waals surface area contributed by atoms with Crippen LogP contribution in [-0.4, -0.2) is 69.4 Å². The Morgan fingerprint density at radius 3 is 2.53 bits per heavy atom. The average Bonchev–Trinajstić information content (AvgIpc) is 2.71. The van der Waals surface area contributed by atoms with Crippen molar-refractivity contribution in [1.82, 2.24) is 15.1 Å². The number of nitro groups is 1. The first-order chi connectivity index (χ1) is 14.9. The molecule has 2 fully saturated rings. The largest absolute Gasteiger partial charge is 0.444 e. The van der Waals surface area contributed by atoms with Crippen LogP contribution in [0.25, 0.3) is 0 Å². The standard InChI is InChI=1S/C22H30N4O6/c1-15(23-18(27)16-7-5-8-17(13-16)26(30)31)19(28)25-12-10-22(25)9-6-11-24(14-22)20(29)32-21(2,3)4/h5,7-8,13,15H,6,9-12,14H2,1-4H3,(H,23,27). The molecule has 3 amide bonds. The summed E-state index contributed by atoms with van der Waals surface area (Å²) < 4.78 is 5.49. The van der Waals surface area contributed by atoms with E-state index in [1.807, 2.05) is 20.8 Å². The zero-order valence-electron chi connectivity index (χ0n) is 18.9. The summed E-state index contributed by atoms with van der Waals surface area (Å²) in [6.07, 6.45) is 1.94. The van der Waals surface area contributed by atoms with Crippen LogP contribution >= 0.6 is 0 Å². The van der Waals surface area contributed by atoms with Gasteiger partial charge in [-0.2, -0.15) is 0 Å². The normalized spacial score (nSPS) is 21.5. The smallest absolute Gasteiger partial charge is 0.410 e. The quantitative estimate of drug-likeness (QED) is 0.560. The second-order valence-corrected chi connectivity index (χ2v) is 9.47. The lowest BCUT2D eigenvalue weighted by Crippen LogP contribution is -2.71. The highest BCUT2D eigenvalue weighted by molar-refractivity contribution is 5.98. The lowest BCUT2D eigenvalue weighted by Gasteiger charge is -2.57. The number of amides is 3. The van der Waals surface area contributed by atoms with E-state index in [2.05, 4.69) is 5.32 Å².